The molecule has 0 saturated carbocycles. The fourth-order valence-corrected chi connectivity index (χ4v) is 3.15. The number of nitrogens with zero attached hydrogens (tertiary/aromatic N) is 1. The minimum atomic E-state index is -1.53. The molecule has 4 atom stereocenters. The Balaban J connectivity index is 3.01. The highest BCUT2D eigenvalue weighted by Gasteiger charge is 2.31. The molecule has 1 heterocycles. The highest BCUT2D eigenvalue weighted by atomic mass is 16.4. The molecule has 33 heavy (non-hydrogen) atoms. The van der Waals surface area contributed by atoms with Crippen molar-refractivity contribution in [2.45, 2.75) is 71.1 Å². The summed E-state index contributed by atoms with van der Waals surface area (Å²) in [5, 5.41) is 25.8. The lowest BCUT2D eigenvalue weighted by Crippen LogP contribution is -2.58. The fourth-order valence-electron chi connectivity index (χ4n) is 3.15. The Morgan fingerprint density at radius 3 is 1.97 bits per heavy atom. The van der Waals surface area contributed by atoms with Crippen molar-refractivity contribution in [2.24, 2.45) is 17.6 Å². The van der Waals surface area contributed by atoms with Gasteiger partial charge in [-0.2, -0.15) is 0 Å². The molecule has 0 fully saturated rings. The maximum atomic E-state index is 13.1. The van der Waals surface area contributed by atoms with Crippen molar-refractivity contribution in [3.05, 3.63) is 18.2 Å². The van der Waals surface area contributed by atoms with Gasteiger partial charge in [0.1, 0.15) is 18.1 Å². The first-order valence-corrected chi connectivity index (χ1v) is 10.9. The van der Waals surface area contributed by atoms with Gasteiger partial charge < -0.3 is 36.9 Å². The number of rotatable bonds is 14. The zero-order valence-corrected chi connectivity index (χ0v) is 19.5. The number of hydrogen-bond donors (Lipinski definition) is 7. The maximum absolute atomic E-state index is 13.1. The van der Waals surface area contributed by atoms with Gasteiger partial charge in [0.15, 0.2) is 0 Å². The van der Waals surface area contributed by atoms with E-state index >= 15 is 0 Å². The summed E-state index contributed by atoms with van der Waals surface area (Å²) in [7, 11) is 0. The van der Waals surface area contributed by atoms with Gasteiger partial charge in [-0.25, -0.2) is 9.78 Å². The number of carboxylic acids is 1. The topological polar surface area (TPSA) is 200 Å². The molecule has 0 radical (unpaired) electrons. The molecule has 1 aromatic rings. The molecule has 0 aromatic carbocycles. The number of carbonyl (C=O) groups is 4. The number of aliphatic hydroxyl groups excluding tert-OH is 1. The molecule has 8 N–H and O–H groups in total. The van der Waals surface area contributed by atoms with Crippen LogP contribution in [0.4, 0.5) is 0 Å². The summed E-state index contributed by atoms with van der Waals surface area (Å²) in [4.78, 5) is 56.2. The first kappa shape index (κ1) is 28.0. The normalized spacial score (nSPS) is 14.9. The Kier molecular flexibility index (Phi) is 11.5. The third-order valence-electron chi connectivity index (χ3n) is 4.81. The van der Waals surface area contributed by atoms with Crippen LogP contribution in [-0.2, 0) is 25.6 Å². The number of aliphatic hydroxyl groups is 1. The molecule has 186 valence electrons. The van der Waals surface area contributed by atoms with E-state index in [2.05, 4.69) is 25.9 Å². The minimum absolute atomic E-state index is 0.00938. The highest BCUT2D eigenvalue weighted by molar-refractivity contribution is 5.94. The van der Waals surface area contributed by atoms with Crippen LogP contribution in [0.5, 0.6) is 0 Å². The zero-order chi connectivity index (χ0) is 25.1. The molecule has 0 aliphatic heterocycles. The van der Waals surface area contributed by atoms with Gasteiger partial charge in [-0.15, -0.1) is 0 Å². The van der Waals surface area contributed by atoms with Gasteiger partial charge in [-0.1, -0.05) is 27.7 Å². The van der Waals surface area contributed by atoms with Gasteiger partial charge in [0.25, 0.3) is 0 Å². The van der Waals surface area contributed by atoms with E-state index in [1.54, 1.807) is 0 Å². The van der Waals surface area contributed by atoms with E-state index in [4.69, 9.17) is 10.8 Å². The second kappa shape index (κ2) is 13.5. The summed E-state index contributed by atoms with van der Waals surface area (Å²) in [5.41, 5.74) is 6.46. The number of hydrogen-bond acceptors (Lipinski definition) is 7. The molecule has 4 unspecified atom stereocenters. The lowest BCUT2D eigenvalue weighted by Gasteiger charge is -2.26. The van der Waals surface area contributed by atoms with Crippen molar-refractivity contribution in [2.75, 3.05) is 6.61 Å². The molecular formula is C21H36N6O6. The van der Waals surface area contributed by atoms with E-state index in [9.17, 15) is 24.3 Å². The van der Waals surface area contributed by atoms with Crippen molar-refractivity contribution in [3.63, 3.8) is 0 Å². The maximum Gasteiger partial charge on any atom is 0.328 e. The molecule has 0 saturated heterocycles. The van der Waals surface area contributed by atoms with Crippen LogP contribution in [-0.4, -0.2) is 74.6 Å². The molecule has 0 aliphatic carbocycles. The van der Waals surface area contributed by atoms with Crippen LogP contribution in [0.1, 0.15) is 46.2 Å². The van der Waals surface area contributed by atoms with E-state index in [1.165, 1.54) is 12.5 Å². The van der Waals surface area contributed by atoms with Crippen LogP contribution in [0, 0.1) is 11.8 Å². The monoisotopic (exact) mass is 468 g/mol. The molecule has 1 aromatic heterocycles. The Bertz CT molecular complexity index is 782. The van der Waals surface area contributed by atoms with Crippen LogP contribution in [0.2, 0.25) is 0 Å². The number of aromatic amines is 1. The number of carbonyl (C=O) groups excluding carboxylic acids is 3. The summed E-state index contributed by atoms with van der Waals surface area (Å²) >= 11 is 0. The molecule has 1 rings (SSSR count). The molecule has 0 spiro atoms. The fraction of sp³-hybridized carbons (Fsp3) is 0.667. The molecule has 12 heteroatoms. The standard InChI is InChI=1S/C21H36N6O6/c1-11(2)5-14(22)18(29)25-15(6-12(3)4)19(30)26-16(7-13-8-23-10-24-13)20(31)27-17(9-28)21(32)33/h8,10-12,14-17,28H,5-7,9,22H2,1-4H3,(H,23,24)(H,25,29)(H,26,30)(H,27,31)(H,32,33). The van der Waals surface area contributed by atoms with Crippen molar-refractivity contribution >= 4 is 23.7 Å². The van der Waals surface area contributed by atoms with Gasteiger partial charge in [-0.05, 0) is 24.7 Å². The van der Waals surface area contributed by atoms with E-state index in [-0.39, 0.29) is 18.3 Å². The lowest BCUT2D eigenvalue weighted by atomic mass is 10.00. The SMILES string of the molecule is CC(C)CC(N)C(=O)NC(CC(C)C)C(=O)NC(Cc1cnc[nH]1)C(=O)NC(CO)C(=O)O. The first-order valence-electron chi connectivity index (χ1n) is 10.9. The van der Waals surface area contributed by atoms with Crippen LogP contribution in [0.3, 0.4) is 0 Å². The number of H-pyrrole nitrogens is 1. The van der Waals surface area contributed by atoms with Crippen molar-refractivity contribution in [1.29, 1.82) is 0 Å². The van der Waals surface area contributed by atoms with Gasteiger partial charge in [0.2, 0.25) is 17.7 Å². The Morgan fingerprint density at radius 1 is 0.939 bits per heavy atom. The van der Waals surface area contributed by atoms with Crippen LogP contribution in [0.25, 0.3) is 0 Å². The van der Waals surface area contributed by atoms with E-state index in [0.29, 0.717) is 18.5 Å². The second-order valence-electron chi connectivity index (χ2n) is 8.85. The number of nitrogens with two attached hydrogens (primary N) is 1. The summed E-state index contributed by atoms with van der Waals surface area (Å²) in [6, 6.07) is -4.43. The van der Waals surface area contributed by atoms with Crippen molar-refractivity contribution in [1.82, 2.24) is 25.9 Å². The number of imidazole rings is 1. The predicted molar refractivity (Wildman–Crippen MR) is 120 cm³/mol. The average molecular weight is 469 g/mol. The first-order chi connectivity index (χ1) is 15.4. The third kappa shape index (κ3) is 10.00. The van der Waals surface area contributed by atoms with E-state index in [1.807, 2.05) is 27.7 Å². The smallest absolute Gasteiger partial charge is 0.328 e. The summed E-state index contributed by atoms with van der Waals surface area (Å²) in [5.74, 6) is -3.05. The summed E-state index contributed by atoms with van der Waals surface area (Å²) < 4.78 is 0. The minimum Gasteiger partial charge on any atom is -0.480 e. The van der Waals surface area contributed by atoms with Gasteiger partial charge >= 0.3 is 5.97 Å². The van der Waals surface area contributed by atoms with Crippen LogP contribution < -0.4 is 21.7 Å². The van der Waals surface area contributed by atoms with Crippen LogP contribution >= 0.6 is 0 Å². The molecule has 0 aliphatic rings. The number of nitrogens with one attached hydrogen (secondary N) is 4. The summed E-state index contributed by atoms with van der Waals surface area (Å²) in [6.07, 6.45) is 3.61. The van der Waals surface area contributed by atoms with Crippen molar-refractivity contribution < 1.29 is 29.4 Å². The highest BCUT2D eigenvalue weighted by Crippen LogP contribution is 2.09. The second-order valence-corrected chi connectivity index (χ2v) is 8.85. The zero-order valence-electron chi connectivity index (χ0n) is 19.5. The van der Waals surface area contributed by atoms with E-state index in [0.717, 1.165) is 0 Å². The Labute approximate surface area is 193 Å². The lowest BCUT2D eigenvalue weighted by molar-refractivity contribution is -0.143. The number of aromatic nitrogens is 2. The average Bonchev–Trinajstić information content (AvgIpc) is 3.22. The number of amides is 3. The predicted octanol–water partition coefficient (Wildman–Crippen LogP) is -1.10. The molecule has 0 bridgehead atoms. The quantitative estimate of drug-likeness (QED) is 0.178. The Morgan fingerprint density at radius 2 is 1.48 bits per heavy atom. The third-order valence-corrected chi connectivity index (χ3v) is 4.81. The van der Waals surface area contributed by atoms with Crippen LogP contribution in [0.15, 0.2) is 12.5 Å². The number of aliphatic carboxylic acids is 1. The van der Waals surface area contributed by atoms with Gasteiger partial charge in [0, 0.05) is 18.3 Å². The molecule has 12 nitrogen and oxygen atoms in total. The largest absolute Gasteiger partial charge is 0.480 e. The van der Waals surface area contributed by atoms with Crippen molar-refractivity contribution in [3.8, 4) is 0 Å². The Hall–Kier alpha value is -2.99. The van der Waals surface area contributed by atoms with Gasteiger partial charge in [-0.3, -0.25) is 14.4 Å². The molecule has 3 amide bonds. The van der Waals surface area contributed by atoms with E-state index < -0.39 is 54.5 Å². The number of carboxylic acid groups (broad SMARTS) is 1. The summed E-state index contributed by atoms with van der Waals surface area (Å²) in [6.45, 7) is 6.81. The molecular weight excluding hydrogens is 432 g/mol. The van der Waals surface area contributed by atoms with Gasteiger partial charge in [0.05, 0.1) is 19.0 Å².